The summed E-state index contributed by atoms with van der Waals surface area (Å²) in [6.45, 7) is 1.81. The lowest BCUT2D eigenvalue weighted by molar-refractivity contribution is 0.102. The van der Waals surface area contributed by atoms with Crippen LogP contribution in [0.1, 0.15) is 15.9 Å². The Morgan fingerprint density at radius 1 is 1.11 bits per heavy atom. The Morgan fingerprint density at radius 2 is 1.74 bits per heavy atom. The molecule has 0 unspecified atom stereocenters. The molecule has 5 heteroatoms. The summed E-state index contributed by atoms with van der Waals surface area (Å²) in [6.07, 6.45) is 0. The Balaban J connectivity index is 2.31. The van der Waals surface area contributed by atoms with Gasteiger partial charge in [-0.05, 0) is 52.7 Å². The Labute approximate surface area is 129 Å². The molecule has 2 aromatic carbocycles. The molecule has 0 aliphatic carbocycles. The number of halogens is 3. The maximum Gasteiger partial charge on any atom is 0.256 e. The largest absolute Gasteiger partial charge is 0.321 e. The van der Waals surface area contributed by atoms with E-state index >= 15 is 0 Å². The predicted octanol–water partition coefficient (Wildman–Crippen LogP) is 5.32. The summed E-state index contributed by atoms with van der Waals surface area (Å²) in [6, 6.07) is 10.5. The zero-order valence-electron chi connectivity index (χ0n) is 10.0. The second-order valence-corrected chi connectivity index (χ2v) is 5.58. The molecule has 0 bridgehead atoms. The van der Waals surface area contributed by atoms with Crippen molar-refractivity contribution in [2.45, 2.75) is 6.92 Å². The van der Waals surface area contributed by atoms with Gasteiger partial charge >= 0.3 is 0 Å². The number of hydrogen-bond donors (Lipinski definition) is 1. The number of benzene rings is 2. The SMILES string of the molecule is Cc1c(Cl)cccc1C(=O)Nc1cccc(Cl)c1Br. The van der Waals surface area contributed by atoms with E-state index in [1.165, 1.54) is 0 Å². The van der Waals surface area contributed by atoms with E-state index in [4.69, 9.17) is 23.2 Å². The second kappa shape index (κ2) is 5.95. The first-order valence-electron chi connectivity index (χ1n) is 5.51. The third kappa shape index (κ3) is 3.11. The number of carbonyl (C=O) groups excluding carboxylic acids is 1. The van der Waals surface area contributed by atoms with Crippen molar-refractivity contribution in [3.05, 3.63) is 62.0 Å². The fourth-order valence-corrected chi connectivity index (χ4v) is 2.36. The van der Waals surface area contributed by atoms with E-state index in [-0.39, 0.29) is 5.91 Å². The fraction of sp³-hybridized carbons (Fsp3) is 0.0714. The Morgan fingerprint density at radius 3 is 2.47 bits per heavy atom. The molecule has 0 aromatic heterocycles. The van der Waals surface area contributed by atoms with Crippen LogP contribution in [0.25, 0.3) is 0 Å². The normalized spacial score (nSPS) is 10.3. The van der Waals surface area contributed by atoms with Crippen LogP contribution in [0, 0.1) is 6.92 Å². The third-order valence-corrected chi connectivity index (χ3v) is 4.52. The van der Waals surface area contributed by atoms with Crippen molar-refractivity contribution >= 4 is 50.7 Å². The van der Waals surface area contributed by atoms with Gasteiger partial charge in [0.05, 0.1) is 15.2 Å². The van der Waals surface area contributed by atoms with E-state index < -0.39 is 0 Å². The summed E-state index contributed by atoms with van der Waals surface area (Å²) in [5.74, 6) is -0.219. The van der Waals surface area contributed by atoms with E-state index in [2.05, 4.69) is 21.2 Å². The highest BCUT2D eigenvalue weighted by atomic mass is 79.9. The predicted molar refractivity (Wildman–Crippen MR) is 83.3 cm³/mol. The van der Waals surface area contributed by atoms with Gasteiger partial charge in [-0.15, -0.1) is 0 Å². The van der Waals surface area contributed by atoms with Gasteiger partial charge < -0.3 is 5.32 Å². The van der Waals surface area contributed by atoms with Crippen molar-refractivity contribution in [2.75, 3.05) is 5.32 Å². The van der Waals surface area contributed by atoms with Gasteiger partial charge in [0.25, 0.3) is 5.91 Å². The average Bonchev–Trinajstić information content (AvgIpc) is 2.38. The lowest BCUT2D eigenvalue weighted by Gasteiger charge is -2.10. The smallest absolute Gasteiger partial charge is 0.256 e. The Bertz CT molecular complexity index is 643. The number of rotatable bonds is 2. The highest BCUT2D eigenvalue weighted by Gasteiger charge is 2.13. The number of amides is 1. The maximum absolute atomic E-state index is 12.2. The zero-order valence-corrected chi connectivity index (χ0v) is 13.1. The molecule has 98 valence electrons. The molecule has 0 saturated heterocycles. The van der Waals surface area contributed by atoms with E-state index in [1.54, 1.807) is 36.4 Å². The Kier molecular flexibility index (Phi) is 4.50. The van der Waals surface area contributed by atoms with Crippen LogP contribution in [-0.4, -0.2) is 5.91 Å². The van der Waals surface area contributed by atoms with E-state index in [9.17, 15) is 4.79 Å². The molecular weight excluding hydrogens is 349 g/mol. The number of hydrogen-bond acceptors (Lipinski definition) is 1. The summed E-state index contributed by atoms with van der Waals surface area (Å²) in [4.78, 5) is 12.2. The average molecular weight is 359 g/mol. The van der Waals surface area contributed by atoms with Gasteiger partial charge in [0.15, 0.2) is 0 Å². The monoisotopic (exact) mass is 357 g/mol. The van der Waals surface area contributed by atoms with E-state index in [0.29, 0.717) is 25.8 Å². The lowest BCUT2D eigenvalue weighted by atomic mass is 10.1. The molecule has 2 rings (SSSR count). The number of nitrogens with one attached hydrogen (secondary N) is 1. The van der Waals surface area contributed by atoms with Crippen molar-refractivity contribution in [3.8, 4) is 0 Å². The quantitative estimate of drug-likeness (QED) is 0.773. The summed E-state index contributed by atoms with van der Waals surface area (Å²) < 4.78 is 0.657. The highest BCUT2D eigenvalue weighted by Crippen LogP contribution is 2.30. The molecule has 0 saturated carbocycles. The summed E-state index contributed by atoms with van der Waals surface area (Å²) >= 11 is 15.3. The van der Waals surface area contributed by atoms with Crippen molar-refractivity contribution in [3.63, 3.8) is 0 Å². The molecule has 1 amide bonds. The standard InChI is InChI=1S/C14H10BrCl2NO/c1-8-9(4-2-5-10(8)16)14(19)18-12-7-3-6-11(17)13(12)15/h2-7H,1H3,(H,18,19). The van der Waals surface area contributed by atoms with Crippen molar-refractivity contribution in [1.82, 2.24) is 0 Å². The molecule has 0 atom stereocenters. The van der Waals surface area contributed by atoms with Gasteiger partial charge in [0.2, 0.25) is 0 Å². The van der Waals surface area contributed by atoms with Crippen LogP contribution in [0.15, 0.2) is 40.9 Å². The molecule has 0 radical (unpaired) electrons. The van der Waals surface area contributed by atoms with Gasteiger partial charge in [-0.3, -0.25) is 4.79 Å². The summed E-state index contributed by atoms with van der Waals surface area (Å²) in [7, 11) is 0. The van der Waals surface area contributed by atoms with Crippen molar-refractivity contribution in [2.24, 2.45) is 0 Å². The van der Waals surface area contributed by atoms with Crippen LogP contribution >= 0.6 is 39.1 Å². The van der Waals surface area contributed by atoms with Gasteiger partial charge in [-0.25, -0.2) is 0 Å². The topological polar surface area (TPSA) is 29.1 Å². The van der Waals surface area contributed by atoms with Gasteiger partial charge in [-0.2, -0.15) is 0 Å². The van der Waals surface area contributed by atoms with Crippen LogP contribution in [0.3, 0.4) is 0 Å². The third-order valence-electron chi connectivity index (χ3n) is 2.71. The van der Waals surface area contributed by atoms with Crippen LogP contribution in [0.2, 0.25) is 10.0 Å². The number of anilines is 1. The summed E-state index contributed by atoms with van der Waals surface area (Å²) in [5, 5.41) is 3.92. The minimum absolute atomic E-state index is 0.219. The van der Waals surface area contributed by atoms with E-state index in [1.807, 2.05) is 6.92 Å². The zero-order chi connectivity index (χ0) is 14.0. The molecule has 0 fully saturated rings. The number of carbonyl (C=O) groups is 1. The first-order chi connectivity index (χ1) is 9.00. The minimum Gasteiger partial charge on any atom is -0.321 e. The van der Waals surface area contributed by atoms with Crippen molar-refractivity contribution < 1.29 is 4.79 Å². The van der Waals surface area contributed by atoms with Gasteiger partial charge in [0, 0.05) is 10.6 Å². The molecular formula is C14H10BrCl2NO. The first-order valence-corrected chi connectivity index (χ1v) is 7.06. The van der Waals surface area contributed by atoms with Crippen LogP contribution < -0.4 is 5.32 Å². The molecule has 1 N–H and O–H groups in total. The molecule has 0 spiro atoms. The van der Waals surface area contributed by atoms with Crippen LogP contribution in [0.5, 0.6) is 0 Å². The highest BCUT2D eigenvalue weighted by molar-refractivity contribution is 9.10. The van der Waals surface area contributed by atoms with Gasteiger partial charge in [-0.1, -0.05) is 35.3 Å². The molecule has 0 aliphatic heterocycles. The maximum atomic E-state index is 12.2. The van der Waals surface area contributed by atoms with Gasteiger partial charge in [0.1, 0.15) is 0 Å². The molecule has 19 heavy (non-hydrogen) atoms. The summed E-state index contributed by atoms with van der Waals surface area (Å²) in [5.41, 5.74) is 1.91. The van der Waals surface area contributed by atoms with Crippen molar-refractivity contribution in [1.29, 1.82) is 0 Å². The van der Waals surface area contributed by atoms with E-state index in [0.717, 1.165) is 5.56 Å². The molecule has 0 heterocycles. The minimum atomic E-state index is -0.219. The first kappa shape index (κ1) is 14.4. The molecule has 0 aliphatic rings. The Hall–Kier alpha value is -1.03. The molecule has 2 nitrogen and oxygen atoms in total. The molecule has 2 aromatic rings. The second-order valence-electron chi connectivity index (χ2n) is 3.97. The van der Waals surface area contributed by atoms with Crippen LogP contribution in [-0.2, 0) is 0 Å². The fourth-order valence-electron chi connectivity index (χ4n) is 1.64. The van der Waals surface area contributed by atoms with Crippen LogP contribution in [0.4, 0.5) is 5.69 Å². The lowest BCUT2D eigenvalue weighted by Crippen LogP contribution is -2.13.